The van der Waals surface area contributed by atoms with Gasteiger partial charge in [-0.1, -0.05) is 48.9 Å². The van der Waals surface area contributed by atoms with Crippen molar-refractivity contribution in [3.63, 3.8) is 0 Å². The van der Waals surface area contributed by atoms with Gasteiger partial charge in [0, 0.05) is 71.1 Å². The second-order valence-electron chi connectivity index (χ2n) is 15.6. The van der Waals surface area contributed by atoms with E-state index in [0.717, 1.165) is 73.8 Å². The van der Waals surface area contributed by atoms with E-state index in [4.69, 9.17) is 43.5 Å². The third-order valence-electron chi connectivity index (χ3n) is 11.4. The monoisotopic (exact) mass is 845 g/mol. The SMILES string of the molecule is Cc1cc(=O)n(C2CCC(=O)NC2=O)c2cc(OCCCCCCCCN3CCC(n4cc(-c5cnc(N)c(OC(C)c6c(Cl)ccc(F)c6Cl)c5)cn4)CC3)ccc12. The number of fused-ring (bicyclic) bond motifs is 1. The van der Waals surface area contributed by atoms with Gasteiger partial charge in [0.1, 0.15) is 23.7 Å². The Balaban J connectivity index is 0.806. The number of rotatable bonds is 16. The Morgan fingerprint density at radius 1 is 0.949 bits per heavy atom. The van der Waals surface area contributed by atoms with E-state index in [1.807, 2.05) is 42.2 Å². The number of halogens is 3. The lowest BCUT2D eigenvalue weighted by atomic mass is 10.0. The lowest BCUT2D eigenvalue weighted by molar-refractivity contribution is -0.135. The van der Waals surface area contributed by atoms with Crippen LogP contribution in [0.25, 0.3) is 22.0 Å². The number of likely N-dealkylation sites (tertiary alicyclic amines) is 1. The van der Waals surface area contributed by atoms with E-state index < -0.39 is 23.9 Å². The number of nitrogens with one attached hydrogen (secondary N) is 1. The number of aryl methyl sites for hydroxylation is 1. The molecule has 2 aliphatic rings. The Morgan fingerprint density at radius 2 is 1.71 bits per heavy atom. The molecule has 3 N–H and O–H groups in total. The minimum atomic E-state index is -0.729. The fraction of sp³-hybridized carbons (Fsp3) is 0.432. The second kappa shape index (κ2) is 18.9. The number of imide groups is 1. The molecule has 12 nitrogen and oxygen atoms in total. The number of aromatic nitrogens is 4. The van der Waals surface area contributed by atoms with Crippen LogP contribution in [0.4, 0.5) is 10.2 Å². The molecule has 2 unspecified atom stereocenters. The van der Waals surface area contributed by atoms with Gasteiger partial charge in [0.2, 0.25) is 11.8 Å². The molecule has 15 heteroatoms. The highest BCUT2D eigenvalue weighted by Crippen LogP contribution is 2.37. The number of benzene rings is 2. The van der Waals surface area contributed by atoms with Crippen LogP contribution in [0, 0.1) is 12.7 Å². The molecule has 2 amide bonds. The van der Waals surface area contributed by atoms with Crippen LogP contribution in [0.5, 0.6) is 11.5 Å². The van der Waals surface area contributed by atoms with E-state index in [1.165, 1.54) is 36.0 Å². The van der Waals surface area contributed by atoms with Gasteiger partial charge in [-0.3, -0.25) is 28.9 Å². The Bertz CT molecular complexity index is 2380. The first-order valence-corrected chi connectivity index (χ1v) is 21.2. The van der Waals surface area contributed by atoms with Gasteiger partial charge in [-0.05, 0) is 88.4 Å². The number of piperidine rings is 2. The molecule has 59 heavy (non-hydrogen) atoms. The van der Waals surface area contributed by atoms with Crippen LogP contribution in [0.1, 0.15) is 100 Å². The number of carbonyl (C=O) groups is 2. The molecule has 5 heterocycles. The number of hydrogen-bond donors (Lipinski definition) is 2. The van der Waals surface area contributed by atoms with Crippen molar-refractivity contribution in [2.75, 3.05) is 32.0 Å². The first-order valence-electron chi connectivity index (χ1n) is 20.4. The van der Waals surface area contributed by atoms with Crippen molar-refractivity contribution in [1.29, 1.82) is 0 Å². The molecular weight excluding hydrogens is 796 g/mol. The van der Waals surface area contributed by atoms with E-state index in [2.05, 4.69) is 15.2 Å². The highest BCUT2D eigenvalue weighted by molar-refractivity contribution is 6.36. The summed E-state index contributed by atoms with van der Waals surface area (Å²) in [6.45, 7) is 7.33. The van der Waals surface area contributed by atoms with Crippen molar-refractivity contribution in [2.24, 2.45) is 0 Å². The number of nitrogens with two attached hydrogens (primary N) is 1. The third-order valence-corrected chi connectivity index (χ3v) is 12.1. The molecule has 2 aromatic carbocycles. The summed E-state index contributed by atoms with van der Waals surface area (Å²) in [5.41, 5.74) is 9.40. The molecule has 2 fully saturated rings. The fourth-order valence-electron chi connectivity index (χ4n) is 8.14. The topological polar surface area (TPSA) is 147 Å². The number of carbonyl (C=O) groups excluding carboxylic acids is 2. The molecule has 0 spiro atoms. The van der Waals surface area contributed by atoms with Crippen molar-refractivity contribution < 1.29 is 23.5 Å². The summed E-state index contributed by atoms with van der Waals surface area (Å²) in [4.78, 5) is 44.2. The van der Waals surface area contributed by atoms with Crippen LogP contribution in [-0.4, -0.2) is 62.3 Å². The molecule has 2 aliphatic heterocycles. The number of nitrogen functional groups attached to an aromatic ring is 1. The number of amides is 2. The minimum absolute atomic E-state index is 0.0858. The number of ether oxygens (including phenoxy) is 2. The zero-order valence-electron chi connectivity index (χ0n) is 33.4. The van der Waals surface area contributed by atoms with E-state index in [1.54, 1.807) is 25.3 Å². The summed E-state index contributed by atoms with van der Waals surface area (Å²) in [5.74, 6) is -0.128. The maximum Gasteiger partial charge on any atom is 0.252 e. The third kappa shape index (κ3) is 9.91. The Kier molecular flexibility index (Phi) is 13.5. The predicted molar refractivity (Wildman–Crippen MR) is 228 cm³/mol. The van der Waals surface area contributed by atoms with Gasteiger partial charge < -0.3 is 20.1 Å². The van der Waals surface area contributed by atoms with Crippen molar-refractivity contribution in [3.05, 3.63) is 98.4 Å². The normalized spacial score (nSPS) is 17.0. The molecule has 0 bridgehead atoms. The van der Waals surface area contributed by atoms with Crippen molar-refractivity contribution in [2.45, 2.75) is 96.2 Å². The lowest BCUT2D eigenvalue weighted by Gasteiger charge is -2.32. The number of pyridine rings is 2. The van der Waals surface area contributed by atoms with Gasteiger partial charge in [-0.15, -0.1) is 0 Å². The molecule has 0 radical (unpaired) electrons. The van der Waals surface area contributed by atoms with E-state index in [9.17, 15) is 18.8 Å². The Labute approximate surface area is 352 Å². The maximum absolute atomic E-state index is 14.1. The van der Waals surface area contributed by atoms with Crippen LogP contribution in [0.2, 0.25) is 10.0 Å². The summed E-state index contributed by atoms with van der Waals surface area (Å²) in [5, 5.41) is 8.15. The van der Waals surface area contributed by atoms with Crippen LogP contribution >= 0.6 is 23.2 Å². The van der Waals surface area contributed by atoms with Crippen molar-refractivity contribution >= 4 is 51.7 Å². The van der Waals surface area contributed by atoms with Crippen molar-refractivity contribution in [1.82, 2.24) is 29.5 Å². The molecule has 0 saturated carbocycles. The molecule has 7 rings (SSSR count). The quantitative estimate of drug-likeness (QED) is 0.0565. The molecule has 312 valence electrons. The van der Waals surface area contributed by atoms with Crippen LogP contribution < -0.4 is 26.1 Å². The Hall–Kier alpha value is -4.98. The molecule has 2 saturated heterocycles. The summed E-state index contributed by atoms with van der Waals surface area (Å²) >= 11 is 12.5. The smallest absolute Gasteiger partial charge is 0.252 e. The van der Waals surface area contributed by atoms with Gasteiger partial charge in [0.15, 0.2) is 11.6 Å². The Morgan fingerprint density at radius 3 is 2.49 bits per heavy atom. The van der Waals surface area contributed by atoms with Gasteiger partial charge in [0.25, 0.3) is 5.56 Å². The summed E-state index contributed by atoms with van der Waals surface area (Å²) in [6, 6.07) is 11.3. The number of hydrogen-bond acceptors (Lipinski definition) is 9. The van der Waals surface area contributed by atoms with Gasteiger partial charge in [-0.2, -0.15) is 5.10 Å². The van der Waals surface area contributed by atoms with Gasteiger partial charge in [0.05, 0.1) is 29.4 Å². The highest BCUT2D eigenvalue weighted by atomic mass is 35.5. The fourth-order valence-corrected chi connectivity index (χ4v) is 8.81. The summed E-state index contributed by atoms with van der Waals surface area (Å²) < 4.78 is 29.9. The first kappa shape index (κ1) is 42.2. The standard InChI is InChI=1S/C44H50Cl2FN7O5/c1-27-21-40(56)54(36-13-14-39(55)51-44(36)57)37-23-32(9-10-33(27)37)58-20-8-6-4-3-5-7-17-52-18-15-31(16-19-52)53-26-30(25-50-53)29-22-38(43(48)49-24-29)59-28(2)41-34(45)11-12-35(47)42(41)46/h9-12,21-26,28,31,36H,3-8,13-20H2,1-2H3,(H2,48,49)(H,51,55,57). The average Bonchev–Trinajstić information content (AvgIpc) is 3.71. The summed E-state index contributed by atoms with van der Waals surface area (Å²) in [7, 11) is 0. The zero-order valence-corrected chi connectivity index (χ0v) is 34.9. The average molecular weight is 847 g/mol. The predicted octanol–water partition coefficient (Wildman–Crippen LogP) is 8.77. The van der Waals surface area contributed by atoms with Gasteiger partial charge in [-0.25, -0.2) is 9.37 Å². The molecule has 2 atom stereocenters. The van der Waals surface area contributed by atoms with Crippen molar-refractivity contribution in [3.8, 4) is 22.6 Å². The van der Waals surface area contributed by atoms with Gasteiger partial charge >= 0.3 is 0 Å². The molecule has 0 aliphatic carbocycles. The van der Waals surface area contributed by atoms with E-state index >= 15 is 0 Å². The van der Waals surface area contributed by atoms with E-state index in [-0.39, 0.29) is 28.7 Å². The van der Waals surface area contributed by atoms with Crippen LogP contribution in [0.3, 0.4) is 0 Å². The largest absolute Gasteiger partial charge is 0.494 e. The van der Waals surface area contributed by atoms with Crippen LogP contribution in [-0.2, 0) is 9.59 Å². The number of anilines is 1. The summed E-state index contributed by atoms with van der Waals surface area (Å²) in [6.07, 6.45) is 14.1. The lowest BCUT2D eigenvalue weighted by Crippen LogP contribution is -2.44. The highest BCUT2D eigenvalue weighted by Gasteiger charge is 2.30. The zero-order chi connectivity index (χ0) is 41.6. The van der Waals surface area contributed by atoms with Crippen LogP contribution in [0.15, 0.2) is 65.8 Å². The molecule has 3 aromatic heterocycles. The maximum atomic E-state index is 14.1. The first-order chi connectivity index (χ1) is 28.5. The minimum Gasteiger partial charge on any atom is -0.494 e. The van der Waals surface area contributed by atoms with E-state index in [0.29, 0.717) is 46.7 Å². The molecule has 5 aromatic rings. The number of nitrogens with zero attached hydrogens (tertiary/aromatic N) is 5. The molecular formula is C44H50Cl2FN7O5. The number of unbranched alkanes of at least 4 members (excludes halogenated alkanes) is 5. The second-order valence-corrected chi connectivity index (χ2v) is 16.3.